The van der Waals surface area contributed by atoms with Crippen LogP contribution in [0.4, 0.5) is 0 Å². The molecule has 8 heteroatoms. The number of allylic oxidation sites excluding steroid dienone is 1. The van der Waals surface area contributed by atoms with Crippen LogP contribution >= 0.6 is 11.8 Å². The van der Waals surface area contributed by atoms with Crippen LogP contribution in [0, 0.1) is 11.3 Å². The normalized spacial score (nSPS) is 24.0. The lowest BCUT2D eigenvalue weighted by molar-refractivity contribution is -0.138. The van der Waals surface area contributed by atoms with Gasteiger partial charge in [0.2, 0.25) is 5.91 Å². The van der Waals surface area contributed by atoms with Crippen LogP contribution < -0.4 is 11.1 Å². The lowest BCUT2D eigenvalue weighted by Crippen LogP contribution is -2.32. The van der Waals surface area contributed by atoms with Crippen LogP contribution in [0.15, 0.2) is 11.8 Å². The molecule has 0 spiro atoms. The zero-order valence-electron chi connectivity index (χ0n) is 16.8. The SMILES string of the molecule is [2H]C([2H])(SCCCC/C=C(\NC(=O)[C@H]1CC1(C)C)C(=O)O)[C@]([2H])([15NH2])C(=O)O. The highest BCUT2D eigenvalue weighted by Crippen LogP contribution is 2.51. The quantitative estimate of drug-likeness (QED) is 0.248. The Bertz CT molecular complexity index is 638. The van der Waals surface area contributed by atoms with Gasteiger partial charge >= 0.3 is 11.9 Å². The summed E-state index contributed by atoms with van der Waals surface area (Å²) < 4.78 is 22.6. The molecule has 1 saturated carbocycles. The van der Waals surface area contributed by atoms with Gasteiger partial charge in [0.25, 0.3) is 0 Å². The summed E-state index contributed by atoms with van der Waals surface area (Å²) in [5.74, 6) is -3.24. The largest absolute Gasteiger partial charge is 0.480 e. The molecule has 0 aromatic heterocycles. The first kappa shape index (κ1) is 16.0. The molecule has 0 aliphatic heterocycles. The van der Waals surface area contributed by atoms with Crippen LogP contribution in [0.2, 0.25) is 0 Å². The second-order valence-electron chi connectivity index (χ2n) is 6.32. The third-order valence-electron chi connectivity index (χ3n) is 3.78. The van der Waals surface area contributed by atoms with Crippen molar-refractivity contribution in [3.8, 4) is 0 Å². The topological polar surface area (TPSA) is 130 Å². The van der Waals surface area contributed by atoms with Gasteiger partial charge in [0.05, 0.1) is 1.37 Å². The Kier molecular flexibility index (Phi) is 6.03. The number of hydrogen-bond acceptors (Lipinski definition) is 5. The maximum absolute atomic E-state index is 12.0. The average molecular weight is 362 g/mol. The van der Waals surface area contributed by atoms with E-state index in [-0.39, 0.29) is 28.7 Å². The molecule has 0 aromatic carbocycles. The van der Waals surface area contributed by atoms with Crippen molar-refractivity contribution in [2.24, 2.45) is 17.1 Å². The summed E-state index contributed by atoms with van der Waals surface area (Å²) in [7, 11) is 0. The number of carboxylic acids is 2. The predicted octanol–water partition coefficient (Wildman–Crippen LogP) is 1.43. The Morgan fingerprint density at radius 3 is 2.58 bits per heavy atom. The van der Waals surface area contributed by atoms with Crippen molar-refractivity contribution in [2.75, 3.05) is 11.5 Å². The van der Waals surface area contributed by atoms with Gasteiger partial charge in [-0.1, -0.05) is 19.9 Å². The number of carbonyl (C=O) groups is 3. The summed E-state index contributed by atoms with van der Waals surface area (Å²) in [5.41, 5.74) is 2.46. The van der Waals surface area contributed by atoms with Gasteiger partial charge in [0.15, 0.2) is 0 Å². The van der Waals surface area contributed by atoms with E-state index in [4.69, 9.17) is 15.0 Å². The number of nitrogens with one attached hydrogen (secondary N) is 1. The van der Waals surface area contributed by atoms with Crippen molar-refractivity contribution in [3.63, 3.8) is 0 Å². The van der Waals surface area contributed by atoms with Gasteiger partial charge in [-0.25, -0.2) is 4.79 Å². The van der Waals surface area contributed by atoms with Crippen LogP contribution in [0.25, 0.3) is 0 Å². The van der Waals surface area contributed by atoms with E-state index in [0.29, 0.717) is 31.0 Å². The van der Waals surface area contributed by atoms with Crippen molar-refractivity contribution in [1.29, 1.82) is 0 Å². The van der Waals surface area contributed by atoms with Crippen molar-refractivity contribution >= 4 is 29.6 Å². The Labute approximate surface area is 150 Å². The second kappa shape index (κ2) is 9.08. The fraction of sp³-hybridized carbons (Fsp3) is 0.688. The third kappa shape index (κ3) is 6.92. The van der Waals surface area contributed by atoms with Crippen molar-refractivity contribution in [1.82, 2.24) is 5.32 Å². The highest BCUT2D eigenvalue weighted by molar-refractivity contribution is 7.99. The van der Waals surface area contributed by atoms with Crippen molar-refractivity contribution < 1.29 is 28.7 Å². The van der Waals surface area contributed by atoms with Crippen LogP contribution in [0.3, 0.4) is 0 Å². The number of thioether (sulfide) groups is 1. The molecule has 0 radical (unpaired) electrons. The smallest absolute Gasteiger partial charge is 0.352 e. The number of unbranched alkanes of at least 4 members (excludes halogenated alkanes) is 2. The minimum Gasteiger partial charge on any atom is -0.480 e. The zero-order chi connectivity index (χ0) is 21.0. The van der Waals surface area contributed by atoms with E-state index < -0.39 is 23.7 Å². The number of rotatable bonds is 11. The number of carbonyl (C=O) groups excluding carboxylic acids is 1. The van der Waals surface area contributed by atoms with Crippen LogP contribution in [-0.2, 0) is 14.4 Å². The predicted molar refractivity (Wildman–Crippen MR) is 92.5 cm³/mol. The second-order valence-corrected chi connectivity index (χ2v) is 7.22. The molecular formula is C16H26N2O5S. The number of aliphatic carboxylic acids is 2. The number of hydrogen-bond donors (Lipinski definition) is 4. The molecule has 1 aliphatic carbocycles. The molecule has 24 heavy (non-hydrogen) atoms. The molecular weight excluding hydrogens is 333 g/mol. The Morgan fingerprint density at radius 2 is 2.08 bits per heavy atom. The van der Waals surface area contributed by atoms with Crippen LogP contribution in [0.1, 0.15) is 43.6 Å². The van der Waals surface area contributed by atoms with Gasteiger partial charge in [-0.15, -0.1) is 0 Å². The molecule has 1 rings (SSSR count). The van der Waals surface area contributed by atoms with Gasteiger partial charge in [-0.05, 0) is 36.9 Å². The fourth-order valence-electron chi connectivity index (χ4n) is 2.06. The first-order valence-corrected chi connectivity index (χ1v) is 8.61. The lowest BCUT2D eigenvalue weighted by Gasteiger charge is -2.08. The van der Waals surface area contributed by atoms with Gasteiger partial charge in [0, 0.05) is 14.4 Å². The number of nitrogens with two attached hydrogens (primary N) is 1. The minimum atomic E-state index is -2.76. The molecule has 2 atom stereocenters. The molecule has 0 aromatic rings. The highest BCUT2D eigenvalue weighted by Gasteiger charge is 2.50. The third-order valence-corrected chi connectivity index (χ3v) is 4.64. The molecule has 0 saturated heterocycles. The van der Waals surface area contributed by atoms with E-state index in [1.807, 2.05) is 13.8 Å². The van der Waals surface area contributed by atoms with Crippen LogP contribution in [-0.4, -0.2) is 45.5 Å². The van der Waals surface area contributed by atoms with Crippen molar-refractivity contribution in [3.05, 3.63) is 11.8 Å². The Morgan fingerprint density at radius 1 is 1.46 bits per heavy atom. The highest BCUT2D eigenvalue weighted by atomic mass is 32.2. The van der Waals surface area contributed by atoms with E-state index in [1.165, 1.54) is 6.08 Å². The van der Waals surface area contributed by atoms with Crippen molar-refractivity contribution in [2.45, 2.75) is 45.5 Å². The molecule has 7 nitrogen and oxygen atoms in total. The molecule has 5 N–H and O–H groups in total. The summed E-state index contributed by atoms with van der Waals surface area (Å²) in [6.07, 6.45) is 3.46. The molecule has 1 aliphatic rings. The number of carboxylic acid groups (broad SMARTS) is 2. The Balaban J connectivity index is 2.42. The van der Waals surface area contributed by atoms with E-state index in [9.17, 15) is 19.5 Å². The maximum Gasteiger partial charge on any atom is 0.352 e. The van der Waals surface area contributed by atoms with E-state index >= 15 is 0 Å². The lowest BCUT2D eigenvalue weighted by atomic mass is 10.1. The van der Waals surface area contributed by atoms with Gasteiger partial charge < -0.3 is 21.3 Å². The van der Waals surface area contributed by atoms with Crippen LogP contribution in [0.5, 0.6) is 0 Å². The van der Waals surface area contributed by atoms with E-state index in [0.717, 1.165) is 6.42 Å². The monoisotopic (exact) mass is 362 g/mol. The summed E-state index contributed by atoms with van der Waals surface area (Å²) in [6.45, 7) is 3.88. The molecule has 1 amide bonds. The maximum atomic E-state index is 12.0. The molecule has 0 bridgehead atoms. The summed E-state index contributed by atoms with van der Waals surface area (Å²) in [5, 5.41) is 20.4. The molecule has 1 fully saturated rings. The van der Waals surface area contributed by atoms with Gasteiger partial charge in [0.1, 0.15) is 11.7 Å². The van der Waals surface area contributed by atoms with Gasteiger partial charge in [-0.2, -0.15) is 11.8 Å². The first-order chi connectivity index (χ1) is 12.2. The Hall–Kier alpha value is -1.54. The van der Waals surface area contributed by atoms with E-state index in [2.05, 4.69) is 5.32 Å². The summed E-state index contributed by atoms with van der Waals surface area (Å²) in [6, 6.07) is -2.76. The standard InChI is InChI=1S/C16H26N2O5S/c1-16(2)8-10(16)13(19)18-12(15(22)23)6-4-3-5-7-24-9-11(17)14(20)21/h6,10-11H,3-5,7-9,17H2,1-2H3,(H,18,19)(H,20,21)(H,22,23)/b12-6-/t10-,11+/m1/s1/i9D2,11D,17+1. The fourth-order valence-corrected chi connectivity index (χ4v) is 2.76. The molecule has 136 valence electrons. The number of amides is 1. The average Bonchev–Trinajstić information content (AvgIpc) is 3.17. The molecule has 0 heterocycles. The summed E-state index contributed by atoms with van der Waals surface area (Å²) in [4.78, 5) is 34.1. The zero-order valence-corrected chi connectivity index (χ0v) is 14.6. The first-order valence-electron chi connectivity index (χ1n) is 9.13. The summed E-state index contributed by atoms with van der Waals surface area (Å²) >= 11 is 0.635. The van der Waals surface area contributed by atoms with E-state index in [1.54, 1.807) is 0 Å². The molecule has 0 unspecified atom stereocenters. The van der Waals surface area contributed by atoms with Gasteiger partial charge in [-0.3, -0.25) is 9.59 Å². The minimum absolute atomic E-state index is 0.101.